The number of ether oxygens (including phenoxy) is 1. The maximum absolute atomic E-state index is 13.8. The first-order valence-corrected chi connectivity index (χ1v) is 15.7. The lowest BCUT2D eigenvalue weighted by atomic mass is 10.00. The molecule has 9 N–H and O–H groups in total. The Balaban J connectivity index is 1.78. The van der Waals surface area contributed by atoms with Gasteiger partial charge in [-0.2, -0.15) is 0 Å². The molecular formula is C33H48N8O5. The minimum atomic E-state index is -1.06. The summed E-state index contributed by atoms with van der Waals surface area (Å²) in [6, 6.07) is 14.6. The number of hydrogen-bond acceptors (Lipinski definition) is 7. The number of benzene rings is 2. The Kier molecular flexibility index (Phi) is 14.4. The van der Waals surface area contributed by atoms with Gasteiger partial charge in [-0.3, -0.25) is 24.2 Å². The Hall–Kier alpha value is -4.49. The van der Waals surface area contributed by atoms with E-state index in [-0.39, 0.29) is 37.2 Å². The van der Waals surface area contributed by atoms with E-state index in [4.69, 9.17) is 21.9 Å². The summed E-state index contributed by atoms with van der Waals surface area (Å²) in [7, 11) is 0. The largest absolute Gasteiger partial charge is 0.380 e. The average Bonchev–Trinajstić information content (AvgIpc) is 3.32. The van der Waals surface area contributed by atoms with Crippen LogP contribution < -0.4 is 33.2 Å². The Bertz CT molecular complexity index is 1300. The molecule has 13 heteroatoms. The van der Waals surface area contributed by atoms with Gasteiger partial charge in [0, 0.05) is 26.1 Å². The normalized spacial score (nSPS) is 15.9. The van der Waals surface area contributed by atoms with Crippen molar-refractivity contribution in [3.8, 4) is 0 Å². The van der Waals surface area contributed by atoms with Crippen LogP contribution in [0.15, 0.2) is 65.7 Å². The molecule has 46 heavy (non-hydrogen) atoms. The Morgan fingerprint density at radius 2 is 1.35 bits per heavy atom. The predicted molar refractivity (Wildman–Crippen MR) is 176 cm³/mol. The number of carbonyl (C=O) groups excluding carboxylic acids is 4. The summed E-state index contributed by atoms with van der Waals surface area (Å²) in [4.78, 5) is 59.7. The van der Waals surface area contributed by atoms with Crippen LogP contribution in [0.25, 0.3) is 0 Å². The number of aliphatic imine (C=N–C) groups is 1. The van der Waals surface area contributed by atoms with Gasteiger partial charge in [0.1, 0.15) is 18.1 Å². The molecule has 1 aliphatic rings. The SMILES string of the molecule is CC(C)C[C@@H](NC(=O)[C@@H](Cc1ccccc1)NC(=O)[C@H](N)Cc1ccccc1)C(=O)NC(CN=C(N)N)C(=O)N1CCCOCC1. The van der Waals surface area contributed by atoms with Crippen molar-refractivity contribution in [3.05, 3.63) is 71.8 Å². The smallest absolute Gasteiger partial charge is 0.247 e. The Labute approximate surface area is 270 Å². The summed E-state index contributed by atoms with van der Waals surface area (Å²) >= 11 is 0. The summed E-state index contributed by atoms with van der Waals surface area (Å²) in [6.07, 6.45) is 1.40. The molecule has 2 aromatic carbocycles. The predicted octanol–water partition coefficient (Wildman–Crippen LogP) is -0.178. The molecule has 0 bridgehead atoms. The first-order chi connectivity index (χ1) is 22.0. The molecule has 4 amide bonds. The molecule has 1 unspecified atom stereocenters. The van der Waals surface area contributed by atoms with Crippen molar-refractivity contribution in [2.75, 3.05) is 32.8 Å². The molecule has 0 aromatic heterocycles. The molecule has 13 nitrogen and oxygen atoms in total. The Morgan fingerprint density at radius 3 is 1.96 bits per heavy atom. The van der Waals surface area contributed by atoms with E-state index in [1.54, 1.807) is 4.90 Å². The minimum absolute atomic E-state index is 0.00660. The van der Waals surface area contributed by atoms with Crippen molar-refractivity contribution in [2.24, 2.45) is 28.1 Å². The third-order valence-corrected chi connectivity index (χ3v) is 7.50. The van der Waals surface area contributed by atoms with E-state index in [1.807, 2.05) is 74.5 Å². The third-order valence-electron chi connectivity index (χ3n) is 7.50. The molecule has 0 aliphatic carbocycles. The zero-order chi connectivity index (χ0) is 33.5. The van der Waals surface area contributed by atoms with Crippen LogP contribution >= 0.6 is 0 Å². The van der Waals surface area contributed by atoms with Crippen LogP contribution in [0.1, 0.15) is 37.8 Å². The highest BCUT2D eigenvalue weighted by Gasteiger charge is 2.32. The first-order valence-electron chi connectivity index (χ1n) is 15.7. The summed E-state index contributed by atoms with van der Waals surface area (Å²) in [5.74, 6) is -2.17. The highest BCUT2D eigenvalue weighted by atomic mass is 16.5. The zero-order valence-corrected chi connectivity index (χ0v) is 26.7. The van der Waals surface area contributed by atoms with Gasteiger partial charge in [-0.1, -0.05) is 74.5 Å². The van der Waals surface area contributed by atoms with Crippen LogP contribution in [0.5, 0.6) is 0 Å². The number of guanidine groups is 1. The number of nitrogens with one attached hydrogen (secondary N) is 3. The lowest BCUT2D eigenvalue weighted by Crippen LogP contribution is -2.59. The van der Waals surface area contributed by atoms with E-state index in [0.717, 1.165) is 11.1 Å². The van der Waals surface area contributed by atoms with Gasteiger partial charge >= 0.3 is 0 Å². The second kappa shape index (κ2) is 18.5. The number of amides is 4. The maximum atomic E-state index is 13.8. The molecule has 4 atom stereocenters. The second-order valence-electron chi connectivity index (χ2n) is 11.9. The quantitative estimate of drug-likeness (QED) is 0.114. The molecular weight excluding hydrogens is 588 g/mol. The van der Waals surface area contributed by atoms with Gasteiger partial charge in [0.05, 0.1) is 19.2 Å². The molecule has 3 rings (SSSR count). The number of carbonyl (C=O) groups is 4. The summed E-state index contributed by atoms with van der Waals surface area (Å²) in [5, 5.41) is 8.39. The molecule has 1 aliphatic heterocycles. The van der Waals surface area contributed by atoms with E-state index in [9.17, 15) is 19.2 Å². The maximum Gasteiger partial charge on any atom is 0.247 e. The van der Waals surface area contributed by atoms with E-state index < -0.39 is 41.9 Å². The Morgan fingerprint density at radius 1 is 0.783 bits per heavy atom. The van der Waals surface area contributed by atoms with Gasteiger partial charge < -0.3 is 42.8 Å². The average molecular weight is 637 g/mol. The van der Waals surface area contributed by atoms with Crippen molar-refractivity contribution >= 4 is 29.6 Å². The monoisotopic (exact) mass is 636 g/mol. The van der Waals surface area contributed by atoms with Gasteiger partial charge in [0.2, 0.25) is 23.6 Å². The molecule has 1 fully saturated rings. The van der Waals surface area contributed by atoms with Crippen molar-refractivity contribution in [3.63, 3.8) is 0 Å². The third kappa shape index (κ3) is 12.1. The number of nitrogens with two attached hydrogens (primary N) is 3. The standard InChI is InChI=1S/C33H48N8O5/c1-22(2)18-26(30(43)40-28(21-37-33(35)36)32(45)41-14-9-16-46-17-15-41)39-31(44)27(20-24-12-7-4-8-13-24)38-29(42)25(34)19-23-10-5-3-6-11-23/h3-8,10-13,22,25-28H,9,14-21,34H2,1-2H3,(H,38,42)(H,39,44)(H,40,43)(H4,35,36,37)/t25-,26-,27-,28?/m1/s1. The molecule has 0 radical (unpaired) electrons. The van der Waals surface area contributed by atoms with Crippen molar-refractivity contribution in [1.82, 2.24) is 20.9 Å². The van der Waals surface area contributed by atoms with Crippen LogP contribution in [-0.2, 0) is 36.8 Å². The number of nitrogens with zero attached hydrogens (tertiary/aromatic N) is 2. The van der Waals surface area contributed by atoms with Gasteiger partial charge in [-0.05, 0) is 36.3 Å². The zero-order valence-electron chi connectivity index (χ0n) is 26.7. The molecule has 0 saturated carbocycles. The second-order valence-corrected chi connectivity index (χ2v) is 11.9. The molecule has 1 heterocycles. The van der Waals surface area contributed by atoms with Crippen LogP contribution in [-0.4, -0.2) is 91.5 Å². The van der Waals surface area contributed by atoms with Crippen LogP contribution in [0.2, 0.25) is 0 Å². The number of rotatable bonds is 15. The highest BCUT2D eigenvalue weighted by molar-refractivity contribution is 5.95. The van der Waals surface area contributed by atoms with Gasteiger partial charge in [0.25, 0.3) is 0 Å². The molecule has 1 saturated heterocycles. The summed E-state index contributed by atoms with van der Waals surface area (Å²) < 4.78 is 5.46. The topological polar surface area (TPSA) is 207 Å². The molecule has 0 spiro atoms. The fourth-order valence-electron chi connectivity index (χ4n) is 5.12. The van der Waals surface area contributed by atoms with Crippen molar-refractivity contribution in [2.45, 2.75) is 63.7 Å². The van der Waals surface area contributed by atoms with Crippen LogP contribution in [0.3, 0.4) is 0 Å². The minimum Gasteiger partial charge on any atom is -0.380 e. The number of hydrogen-bond donors (Lipinski definition) is 6. The summed E-state index contributed by atoms with van der Waals surface area (Å²) in [6.45, 7) is 5.41. The van der Waals surface area contributed by atoms with Gasteiger partial charge in [-0.25, -0.2) is 0 Å². The fourth-order valence-corrected chi connectivity index (χ4v) is 5.12. The molecule has 2 aromatic rings. The van der Waals surface area contributed by atoms with E-state index in [1.165, 1.54) is 0 Å². The van der Waals surface area contributed by atoms with Crippen LogP contribution in [0.4, 0.5) is 0 Å². The van der Waals surface area contributed by atoms with Crippen molar-refractivity contribution < 1.29 is 23.9 Å². The van der Waals surface area contributed by atoms with Gasteiger partial charge in [0.15, 0.2) is 5.96 Å². The lowest BCUT2D eigenvalue weighted by molar-refractivity contribution is -0.137. The van der Waals surface area contributed by atoms with E-state index in [2.05, 4.69) is 20.9 Å². The fraction of sp³-hybridized carbons (Fsp3) is 0.485. The van der Waals surface area contributed by atoms with Gasteiger partial charge in [-0.15, -0.1) is 0 Å². The summed E-state index contributed by atoms with van der Waals surface area (Å²) in [5.41, 5.74) is 19.0. The lowest BCUT2D eigenvalue weighted by Gasteiger charge is -2.28. The first kappa shape index (κ1) is 36.0. The van der Waals surface area contributed by atoms with Crippen LogP contribution in [0, 0.1) is 5.92 Å². The van der Waals surface area contributed by atoms with Crippen molar-refractivity contribution in [1.29, 1.82) is 0 Å². The molecule has 250 valence electrons. The highest BCUT2D eigenvalue weighted by Crippen LogP contribution is 2.11. The van der Waals surface area contributed by atoms with E-state index in [0.29, 0.717) is 39.1 Å². The van der Waals surface area contributed by atoms with E-state index >= 15 is 0 Å².